The quantitative estimate of drug-likeness (QED) is 0.223. The predicted molar refractivity (Wildman–Crippen MR) is 171 cm³/mol. The van der Waals surface area contributed by atoms with E-state index in [9.17, 15) is 0 Å². The average molecular weight is 513 g/mol. The van der Waals surface area contributed by atoms with Gasteiger partial charge in [0.25, 0.3) is 0 Å². The lowest BCUT2D eigenvalue weighted by Crippen LogP contribution is -1.91. The summed E-state index contributed by atoms with van der Waals surface area (Å²) in [5.74, 6) is 0. The molecule has 0 spiro atoms. The molecule has 6 aromatic carbocycles. The highest BCUT2D eigenvalue weighted by Crippen LogP contribution is 2.39. The standard InChI is InChI=1S/C38H28N2/c1-39-35-21-5-3-15-31(35)33-19-9-17-29(37(33)39)27-13-7-11-25(23-27)26-12-8-14-28(24-26)30-18-10-20-34-32-16-4-6-22-36(32)40(2)38(30)34/h3-24H,1-2H3. The van der Waals surface area contributed by atoms with Crippen LogP contribution in [0.25, 0.3) is 77.0 Å². The largest absolute Gasteiger partial charge is 0.343 e. The first kappa shape index (κ1) is 22.9. The normalized spacial score (nSPS) is 11.8. The van der Waals surface area contributed by atoms with Crippen LogP contribution in [0.3, 0.4) is 0 Å². The minimum atomic E-state index is 1.22. The fourth-order valence-electron chi connectivity index (χ4n) is 6.67. The second-order valence-corrected chi connectivity index (χ2v) is 10.7. The molecule has 0 aliphatic rings. The molecule has 8 rings (SSSR count). The van der Waals surface area contributed by atoms with Crippen molar-refractivity contribution >= 4 is 43.6 Å². The number of hydrogen-bond donors (Lipinski definition) is 0. The van der Waals surface area contributed by atoms with Crippen LogP contribution in [0, 0.1) is 0 Å². The molecule has 0 aliphatic carbocycles. The van der Waals surface area contributed by atoms with Gasteiger partial charge in [-0.2, -0.15) is 0 Å². The first-order chi connectivity index (χ1) is 19.7. The van der Waals surface area contributed by atoms with Gasteiger partial charge in [-0.25, -0.2) is 0 Å². The molecular weight excluding hydrogens is 484 g/mol. The van der Waals surface area contributed by atoms with Crippen molar-refractivity contribution in [3.8, 4) is 33.4 Å². The zero-order valence-corrected chi connectivity index (χ0v) is 22.6. The molecule has 0 atom stereocenters. The lowest BCUT2D eigenvalue weighted by molar-refractivity contribution is 1.02. The number of hydrogen-bond acceptors (Lipinski definition) is 0. The molecule has 0 fully saturated rings. The van der Waals surface area contributed by atoms with E-state index in [-0.39, 0.29) is 0 Å². The molecule has 0 amide bonds. The summed E-state index contributed by atoms with van der Waals surface area (Å²) >= 11 is 0. The number of nitrogens with zero attached hydrogens (tertiary/aromatic N) is 2. The summed E-state index contributed by atoms with van der Waals surface area (Å²) in [6, 6.07) is 48.6. The number of aryl methyl sites for hydroxylation is 2. The lowest BCUT2D eigenvalue weighted by atomic mass is 9.95. The number of rotatable bonds is 3. The third kappa shape index (κ3) is 3.29. The summed E-state index contributed by atoms with van der Waals surface area (Å²) in [5, 5.41) is 5.19. The van der Waals surface area contributed by atoms with Gasteiger partial charge in [-0.1, -0.05) is 109 Å². The molecule has 190 valence electrons. The Labute approximate surface area is 233 Å². The number of benzene rings is 6. The van der Waals surface area contributed by atoms with Crippen LogP contribution < -0.4 is 0 Å². The molecule has 2 aromatic heterocycles. The van der Waals surface area contributed by atoms with E-state index in [0.717, 1.165) is 0 Å². The van der Waals surface area contributed by atoms with Gasteiger partial charge in [0.1, 0.15) is 0 Å². The van der Waals surface area contributed by atoms with E-state index in [4.69, 9.17) is 0 Å². The zero-order valence-electron chi connectivity index (χ0n) is 22.6. The van der Waals surface area contributed by atoms with Crippen LogP contribution in [0.5, 0.6) is 0 Å². The third-order valence-corrected chi connectivity index (χ3v) is 8.53. The molecule has 2 heterocycles. The van der Waals surface area contributed by atoms with Crippen molar-refractivity contribution < 1.29 is 0 Å². The fraction of sp³-hybridized carbons (Fsp3) is 0.0526. The van der Waals surface area contributed by atoms with Gasteiger partial charge in [0, 0.05) is 57.8 Å². The van der Waals surface area contributed by atoms with E-state index in [0.29, 0.717) is 0 Å². The van der Waals surface area contributed by atoms with Crippen molar-refractivity contribution in [3.05, 3.63) is 133 Å². The maximum absolute atomic E-state index is 2.34. The van der Waals surface area contributed by atoms with Gasteiger partial charge < -0.3 is 9.13 Å². The van der Waals surface area contributed by atoms with E-state index >= 15 is 0 Å². The molecule has 0 unspecified atom stereocenters. The van der Waals surface area contributed by atoms with Gasteiger partial charge in [-0.05, 0) is 46.5 Å². The molecule has 2 nitrogen and oxygen atoms in total. The van der Waals surface area contributed by atoms with E-state index in [2.05, 4.69) is 157 Å². The van der Waals surface area contributed by atoms with Crippen LogP contribution in [0.15, 0.2) is 133 Å². The van der Waals surface area contributed by atoms with Crippen LogP contribution in [-0.2, 0) is 14.1 Å². The summed E-state index contributed by atoms with van der Waals surface area (Å²) < 4.78 is 4.66. The monoisotopic (exact) mass is 512 g/mol. The Hall–Kier alpha value is -5.08. The molecular formula is C38H28N2. The highest BCUT2D eigenvalue weighted by Gasteiger charge is 2.15. The Morgan fingerprint density at radius 3 is 1.20 bits per heavy atom. The van der Waals surface area contributed by atoms with E-state index < -0.39 is 0 Å². The van der Waals surface area contributed by atoms with Gasteiger partial charge in [0.2, 0.25) is 0 Å². The minimum Gasteiger partial charge on any atom is -0.343 e. The SMILES string of the molecule is Cn1c2ccccc2c2cccc(-c3cccc(-c4cccc(-c5cccc6c7ccccc7n(C)c56)c4)c3)c21. The van der Waals surface area contributed by atoms with Crippen LogP contribution in [0.2, 0.25) is 0 Å². The zero-order chi connectivity index (χ0) is 26.8. The van der Waals surface area contributed by atoms with E-state index in [1.165, 1.54) is 77.0 Å². The van der Waals surface area contributed by atoms with Crippen molar-refractivity contribution in [2.45, 2.75) is 0 Å². The molecule has 0 radical (unpaired) electrons. The van der Waals surface area contributed by atoms with Crippen molar-refractivity contribution in [1.29, 1.82) is 0 Å². The second kappa shape index (κ2) is 8.72. The molecule has 0 saturated carbocycles. The molecule has 0 aliphatic heterocycles. The molecule has 40 heavy (non-hydrogen) atoms. The van der Waals surface area contributed by atoms with Crippen LogP contribution in [0.1, 0.15) is 0 Å². The van der Waals surface area contributed by atoms with Gasteiger partial charge in [-0.15, -0.1) is 0 Å². The van der Waals surface area contributed by atoms with Crippen molar-refractivity contribution in [2.75, 3.05) is 0 Å². The molecule has 0 N–H and O–H groups in total. The molecule has 0 saturated heterocycles. The Kier molecular flexibility index (Phi) is 4.99. The highest BCUT2D eigenvalue weighted by molar-refractivity contribution is 6.13. The molecule has 0 bridgehead atoms. The van der Waals surface area contributed by atoms with Crippen LogP contribution in [0.4, 0.5) is 0 Å². The van der Waals surface area contributed by atoms with Gasteiger partial charge in [0.15, 0.2) is 0 Å². The topological polar surface area (TPSA) is 9.86 Å². The Bertz CT molecular complexity index is 2080. The Morgan fingerprint density at radius 2 is 0.725 bits per heavy atom. The number of fused-ring (bicyclic) bond motifs is 6. The minimum absolute atomic E-state index is 1.22. The van der Waals surface area contributed by atoms with Gasteiger partial charge in [-0.3, -0.25) is 0 Å². The molecule has 2 heteroatoms. The summed E-state index contributed by atoms with van der Waals surface area (Å²) in [6.07, 6.45) is 0. The second-order valence-electron chi connectivity index (χ2n) is 10.7. The summed E-state index contributed by atoms with van der Waals surface area (Å²) in [5.41, 5.74) is 12.5. The van der Waals surface area contributed by atoms with Crippen molar-refractivity contribution in [2.24, 2.45) is 14.1 Å². The Balaban J connectivity index is 1.28. The Morgan fingerprint density at radius 1 is 0.350 bits per heavy atom. The third-order valence-electron chi connectivity index (χ3n) is 8.53. The number of aromatic nitrogens is 2. The fourth-order valence-corrected chi connectivity index (χ4v) is 6.67. The van der Waals surface area contributed by atoms with Gasteiger partial charge >= 0.3 is 0 Å². The molecule has 8 aromatic rings. The maximum atomic E-state index is 2.34. The van der Waals surface area contributed by atoms with E-state index in [1.54, 1.807) is 0 Å². The van der Waals surface area contributed by atoms with E-state index in [1.807, 2.05) is 0 Å². The highest BCUT2D eigenvalue weighted by atomic mass is 14.9. The van der Waals surface area contributed by atoms with Crippen molar-refractivity contribution in [1.82, 2.24) is 9.13 Å². The number of para-hydroxylation sites is 4. The van der Waals surface area contributed by atoms with Crippen molar-refractivity contribution in [3.63, 3.8) is 0 Å². The lowest BCUT2D eigenvalue weighted by Gasteiger charge is -2.11. The summed E-state index contributed by atoms with van der Waals surface area (Å²) in [7, 11) is 4.35. The predicted octanol–water partition coefficient (Wildman–Crippen LogP) is 9.98. The summed E-state index contributed by atoms with van der Waals surface area (Å²) in [4.78, 5) is 0. The van der Waals surface area contributed by atoms with Gasteiger partial charge in [0.05, 0.1) is 11.0 Å². The smallest absolute Gasteiger partial charge is 0.0568 e. The van der Waals surface area contributed by atoms with Crippen LogP contribution in [-0.4, -0.2) is 9.13 Å². The average Bonchev–Trinajstić information content (AvgIpc) is 3.49. The summed E-state index contributed by atoms with van der Waals surface area (Å²) in [6.45, 7) is 0. The maximum Gasteiger partial charge on any atom is 0.0568 e. The van der Waals surface area contributed by atoms with Crippen LogP contribution >= 0.6 is 0 Å². The first-order valence-corrected chi connectivity index (χ1v) is 13.8. The first-order valence-electron chi connectivity index (χ1n) is 13.8.